The van der Waals surface area contributed by atoms with E-state index in [4.69, 9.17) is 0 Å². The molecule has 5 heteroatoms. The van der Waals surface area contributed by atoms with Crippen LogP contribution in [-0.2, 0) is 4.79 Å². The first-order chi connectivity index (χ1) is 8.99. The number of aromatic nitrogens is 1. The number of nitrogens with zero attached hydrogens (tertiary/aromatic N) is 2. The van der Waals surface area contributed by atoms with Crippen LogP contribution in [0.2, 0.25) is 0 Å². The average molecular weight is 277 g/mol. The number of nitrogens with one attached hydrogen (secondary N) is 1. The minimum absolute atomic E-state index is 0.0169. The van der Waals surface area contributed by atoms with E-state index in [0.717, 1.165) is 17.7 Å². The first-order valence-corrected chi connectivity index (χ1v) is 7.20. The molecule has 0 aromatic carbocycles. The molecule has 0 saturated heterocycles. The van der Waals surface area contributed by atoms with E-state index < -0.39 is 0 Å². The van der Waals surface area contributed by atoms with Gasteiger partial charge in [0.05, 0.1) is 10.8 Å². The molecule has 1 heterocycles. The Labute approximate surface area is 118 Å². The fourth-order valence-corrected chi connectivity index (χ4v) is 2.68. The van der Waals surface area contributed by atoms with Crippen molar-refractivity contribution >= 4 is 17.7 Å². The summed E-state index contributed by atoms with van der Waals surface area (Å²) in [4.78, 5) is 16.2. The summed E-state index contributed by atoms with van der Waals surface area (Å²) in [6.45, 7) is 8.29. The number of hydrogen-bond acceptors (Lipinski definition) is 4. The van der Waals surface area contributed by atoms with E-state index in [1.165, 1.54) is 11.8 Å². The van der Waals surface area contributed by atoms with Gasteiger partial charge >= 0.3 is 0 Å². The fraction of sp³-hybridized carbons (Fsp3) is 0.500. The van der Waals surface area contributed by atoms with Crippen molar-refractivity contribution in [1.29, 1.82) is 5.26 Å². The number of amides is 1. The standard InChI is InChI=1S/C14H19N3OS/c1-5-6-16-13(18)11(4)19-14-12(8-15)9(2)7-10(3)17-14/h7,11H,5-6H2,1-4H3,(H,16,18). The minimum atomic E-state index is -0.257. The molecule has 0 spiro atoms. The van der Waals surface area contributed by atoms with Crippen LogP contribution in [0.1, 0.15) is 37.1 Å². The zero-order valence-electron chi connectivity index (χ0n) is 11.8. The van der Waals surface area contributed by atoms with Crippen molar-refractivity contribution in [1.82, 2.24) is 10.3 Å². The molecule has 1 N–H and O–H groups in total. The minimum Gasteiger partial charge on any atom is -0.355 e. The molecule has 0 saturated carbocycles. The number of rotatable bonds is 5. The molecular formula is C14H19N3OS. The van der Waals surface area contributed by atoms with E-state index in [0.29, 0.717) is 17.1 Å². The van der Waals surface area contributed by atoms with Crippen molar-refractivity contribution in [2.24, 2.45) is 0 Å². The van der Waals surface area contributed by atoms with Crippen LogP contribution >= 0.6 is 11.8 Å². The Morgan fingerprint density at radius 3 is 2.84 bits per heavy atom. The highest BCUT2D eigenvalue weighted by Crippen LogP contribution is 2.27. The molecule has 102 valence electrons. The van der Waals surface area contributed by atoms with E-state index in [9.17, 15) is 10.1 Å². The lowest BCUT2D eigenvalue weighted by atomic mass is 10.1. The lowest BCUT2D eigenvalue weighted by Gasteiger charge is -2.13. The van der Waals surface area contributed by atoms with Crippen LogP contribution in [-0.4, -0.2) is 22.7 Å². The summed E-state index contributed by atoms with van der Waals surface area (Å²) in [5.41, 5.74) is 2.32. The number of hydrogen-bond donors (Lipinski definition) is 1. The Morgan fingerprint density at radius 1 is 1.58 bits per heavy atom. The molecular weight excluding hydrogens is 258 g/mol. The second kappa shape index (κ2) is 7.15. The maximum Gasteiger partial charge on any atom is 0.233 e. The number of aryl methyl sites for hydroxylation is 2. The van der Waals surface area contributed by atoms with E-state index in [1.807, 2.05) is 33.8 Å². The zero-order chi connectivity index (χ0) is 14.4. The maximum atomic E-state index is 11.8. The predicted molar refractivity (Wildman–Crippen MR) is 77.0 cm³/mol. The van der Waals surface area contributed by atoms with Crippen molar-refractivity contribution in [3.8, 4) is 6.07 Å². The summed E-state index contributed by atoms with van der Waals surface area (Å²) >= 11 is 1.34. The Kier molecular flexibility index (Phi) is 5.84. The second-order valence-electron chi connectivity index (χ2n) is 4.42. The number of nitriles is 1. The third-order valence-electron chi connectivity index (χ3n) is 2.63. The Morgan fingerprint density at radius 2 is 2.26 bits per heavy atom. The number of carbonyl (C=O) groups is 1. The van der Waals surface area contributed by atoms with Gasteiger partial charge in [0.25, 0.3) is 0 Å². The molecule has 1 aromatic heterocycles. The third-order valence-corrected chi connectivity index (χ3v) is 3.72. The van der Waals surface area contributed by atoms with E-state index in [-0.39, 0.29) is 11.2 Å². The predicted octanol–water partition coefficient (Wildman–Crippen LogP) is 2.58. The van der Waals surface area contributed by atoms with Crippen LogP contribution < -0.4 is 5.32 Å². The Balaban J connectivity index is 2.87. The van der Waals surface area contributed by atoms with Gasteiger partial charge in [0.2, 0.25) is 5.91 Å². The van der Waals surface area contributed by atoms with Crippen molar-refractivity contribution < 1.29 is 4.79 Å². The molecule has 0 aliphatic rings. The molecule has 1 unspecified atom stereocenters. The Hall–Kier alpha value is -1.54. The number of thioether (sulfide) groups is 1. The highest BCUT2D eigenvalue weighted by Gasteiger charge is 2.18. The third kappa shape index (κ3) is 4.25. The molecule has 0 fully saturated rings. The van der Waals surface area contributed by atoms with Gasteiger partial charge in [-0.1, -0.05) is 18.7 Å². The van der Waals surface area contributed by atoms with Crippen molar-refractivity contribution in [2.75, 3.05) is 6.54 Å². The van der Waals surface area contributed by atoms with Gasteiger partial charge in [-0.05, 0) is 38.8 Å². The van der Waals surface area contributed by atoms with Gasteiger partial charge in [0.15, 0.2) is 0 Å². The molecule has 1 aromatic rings. The first kappa shape index (κ1) is 15.5. The molecule has 0 bridgehead atoms. The van der Waals surface area contributed by atoms with E-state index in [2.05, 4.69) is 16.4 Å². The summed E-state index contributed by atoms with van der Waals surface area (Å²) in [7, 11) is 0. The summed E-state index contributed by atoms with van der Waals surface area (Å²) in [6.07, 6.45) is 0.911. The van der Waals surface area contributed by atoms with Gasteiger partial charge in [-0.15, -0.1) is 0 Å². The molecule has 0 aliphatic heterocycles. The SMILES string of the molecule is CCCNC(=O)C(C)Sc1nc(C)cc(C)c1C#N. The molecule has 4 nitrogen and oxygen atoms in total. The monoisotopic (exact) mass is 277 g/mol. The fourth-order valence-electron chi connectivity index (χ4n) is 1.64. The van der Waals surface area contributed by atoms with Gasteiger partial charge in [-0.25, -0.2) is 4.98 Å². The van der Waals surface area contributed by atoms with Gasteiger partial charge < -0.3 is 5.32 Å². The van der Waals surface area contributed by atoms with Gasteiger partial charge in [0.1, 0.15) is 11.1 Å². The smallest absolute Gasteiger partial charge is 0.233 e. The summed E-state index contributed by atoms with van der Waals surface area (Å²) in [6, 6.07) is 4.04. The lowest BCUT2D eigenvalue weighted by Crippen LogP contribution is -2.31. The van der Waals surface area contributed by atoms with Crippen LogP contribution in [0.25, 0.3) is 0 Å². The summed E-state index contributed by atoms with van der Waals surface area (Å²) in [5, 5.41) is 12.4. The zero-order valence-corrected chi connectivity index (χ0v) is 12.6. The quantitative estimate of drug-likeness (QED) is 0.840. The molecule has 0 radical (unpaired) electrons. The van der Waals surface area contributed by atoms with Gasteiger partial charge in [0, 0.05) is 12.2 Å². The lowest BCUT2D eigenvalue weighted by molar-refractivity contribution is -0.120. The maximum absolute atomic E-state index is 11.8. The Bertz CT molecular complexity index is 508. The number of carbonyl (C=O) groups excluding carboxylic acids is 1. The average Bonchev–Trinajstić information content (AvgIpc) is 2.35. The normalized spacial score (nSPS) is 11.7. The molecule has 1 rings (SSSR count). The van der Waals surface area contributed by atoms with Crippen LogP contribution in [0.5, 0.6) is 0 Å². The van der Waals surface area contributed by atoms with Crippen LogP contribution in [0.3, 0.4) is 0 Å². The first-order valence-electron chi connectivity index (χ1n) is 6.32. The van der Waals surface area contributed by atoms with Crippen molar-refractivity contribution in [2.45, 2.75) is 44.4 Å². The largest absolute Gasteiger partial charge is 0.355 e. The van der Waals surface area contributed by atoms with E-state index in [1.54, 1.807) is 0 Å². The highest BCUT2D eigenvalue weighted by atomic mass is 32.2. The van der Waals surface area contributed by atoms with Crippen molar-refractivity contribution in [3.63, 3.8) is 0 Å². The van der Waals surface area contributed by atoms with Crippen LogP contribution in [0.15, 0.2) is 11.1 Å². The number of pyridine rings is 1. The highest BCUT2D eigenvalue weighted by molar-refractivity contribution is 8.00. The van der Waals surface area contributed by atoms with Gasteiger partial charge in [-0.2, -0.15) is 5.26 Å². The van der Waals surface area contributed by atoms with Crippen LogP contribution in [0.4, 0.5) is 0 Å². The van der Waals surface area contributed by atoms with Crippen molar-refractivity contribution in [3.05, 3.63) is 22.9 Å². The molecule has 0 aliphatic carbocycles. The van der Waals surface area contributed by atoms with Crippen LogP contribution in [0, 0.1) is 25.2 Å². The summed E-state index contributed by atoms with van der Waals surface area (Å²) in [5.74, 6) is -0.0169. The second-order valence-corrected chi connectivity index (χ2v) is 5.75. The topological polar surface area (TPSA) is 65.8 Å². The van der Waals surface area contributed by atoms with Gasteiger partial charge in [-0.3, -0.25) is 4.79 Å². The molecule has 19 heavy (non-hydrogen) atoms. The summed E-state index contributed by atoms with van der Waals surface area (Å²) < 4.78 is 0. The van der Waals surface area contributed by atoms with E-state index >= 15 is 0 Å². The molecule has 1 atom stereocenters. The molecule has 1 amide bonds.